The summed E-state index contributed by atoms with van der Waals surface area (Å²) in [7, 11) is 0. The number of hydrogen-bond acceptors (Lipinski definition) is 6. The van der Waals surface area contributed by atoms with Crippen molar-refractivity contribution in [2.45, 2.75) is 43.7 Å². The number of hydrogen-bond donors (Lipinski definition) is 3. The smallest absolute Gasteiger partial charge is 0.174 e. The van der Waals surface area contributed by atoms with Gasteiger partial charge in [0.05, 0.1) is 5.92 Å². The van der Waals surface area contributed by atoms with Crippen LogP contribution >= 0.6 is 0 Å². The van der Waals surface area contributed by atoms with Crippen molar-refractivity contribution in [1.29, 1.82) is 0 Å². The summed E-state index contributed by atoms with van der Waals surface area (Å²) < 4.78 is 5.64. The number of carbonyl (C=O) groups is 2. The number of aromatic hydroxyl groups is 1. The Balaban J connectivity index is 1.77. The van der Waals surface area contributed by atoms with Gasteiger partial charge < -0.3 is 20.1 Å². The zero-order chi connectivity index (χ0) is 17.7. The van der Waals surface area contributed by atoms with Crippen LogP contribution in [0.4, 0.5) is 0 Å². The average molecular weight is 342 g/mol. The lowest BCUT2D eigenvalue weighted by Crippen LogP contribution is -2.59. The van der Waals surface area contributed by atoms with Crippen LogP contribution in [0.5, 0.6) is 5.75 Å². The maximum absolute atomic E-state index is 13.2. The summed E-state index contributed by atoms with van der Waals surface area (Å²) >= 11 is 0. The predicted octanol–water partition coefficient (Wildman–Crippen LogP) is 1.05. The molecule has 25 heavy (non-hydrogen) atoms. The Morgan fingerprint density at radius 1 is 1.24 bits per heavy atom. The number of Topliss-reactive ketones (excluding diaryl/α,β-unsaturated/α-hetero) is 2. The largest absolute Gasteiger partial charge is 0.508 e. The maximum Gasteiger partial charge on any atom is 0.174 e. The Labute approximate surface area is 143 Å². The highest BCUT2D eigenvalue weighted by atomic mass is 16.6. The number of benzene rings is 1. The van der Waals surface area contributed by atoms with Crippen LogP contribution in [0.15, 0.2) is 29.3 Å². The fourth-order valence-corrected chi connectivity index (χ4v) is 5.00. The molecule has 0 amide bonds. The normalized spacial score (nSPS) is 41.6. The second-order valence-electron chi connectivity index (χ2n) is 7.68. The van der Waals surface area contributed by atoms with Gasteiger partial charge in [0, 0.05) is 23.1 Å². The molecule has 1 aromatic rings. The Morgan fingerprint density at radius 3 is 2.76 bits per heavy atom. The lowest BCUT2D eigenvalue weighted by molar-refractivity contribution is -0.130. The SMILES string of the molecule is C[C@H]1CC(=O)C2=C(C1)[C@H]1O[C@@H]1[C@]1(O)[C@H]2C(=O)c2cccc(O)c2[C@@H]1O. The highest BCUT2D eigenvalue weighted by Crippen LogP contribution is 2.60. The molecule has 1 aromatic carbocycles. The minimum atomic E-state index is -1.93. The van der Waals surface area contributed by atoms with E-state index in [2.05, 4.69) is 0 Å². The van der Waals surface area contributed by atoms with Gasteiger partial charge in [0.1, 0.15) is 29.7 Å². The van der Waals surface area contributed by atoms with Crippen LogP contribution in [0, 0.1) is 11.8 Å². The first kappa shape index (κ1) is 15.3. The molecule has 1 saturated heterocycles. The van der Waals surface area contributed by atoms with E-state index >= 15 is 0 Å². The minimum Gasteiger partial charge on any atom is -0.508 e. The van der Waals surface area contributed by atoms with Crippen molar-refractivity contribution in [3.05, 3.63) is 40.5 Å². The lowest BCUT2D eigenvalue weighted by Gasteiger charge is -2.46. The molecular formula is C19H18O6. The van der Waals surface area contributed by atoms with E-state index in [1.54, 1.807) is 0 Å². The van der Waals surface area contributed by atoms with Gasteiger partial charge in [0.15, 0.2) is 11.6 Å². The third-order valence-electron chi connectivity index (χ3n) is 6.11. The van der Waals surface area contributed by atoms with Crippen molar-refractivity contribution in [2.24, 2.45) is 11.8 Å². The van der Waals surface area contributed by atoms with Crippen LogP contribution in [0.1, 0.15) is 41.8 Å². The summed E-state index contributed by atoms with van der Waals surface area (Å²) in [4.78, 5) is 25.9. The Bertz CT molecular complexity index is 871. The molecule has 6 nitrogen and oxygen atoms in total. The van der Waals surface area contributed by atoms with E-state index in [1.807, 2.05) is 6.92 Å². The standard InChI is InChI=1S/C19H18O6/c1-7-5-9-12(11(21)6-7)14-15(22)8-3-2-4-10(20)13(8)17(23)19(14,24)18-16(9)25-18/h2-4,7,14,16-18,20,23-24H,5-6H2,1H3/t7-,14-,16-,17+,18+,19+/m1/s1. The first-order valence-corrected chi connectivity index (χ1v) is 8.53. The second kappa shape index (κ2) is 4.58. The molecule has 3 aliphatic carbocycles. The average Bonchev–Trinajstić information content (AvgIpc) is 3.35. The second-order valence-corrected chi connectivity index (χ2v) is 7.68. The van der Waals surface area contributed by atoms with Gasteiger partial charge in [0.25, 0.3) is 0 Å². The number of phenols is 1. The summed E-state index contributed by atoms with van der Waals surface area (Å²) in [5, 5.41) is 32.3. The zero-order valence-electron chi connectivity index (χ0n) is 13.6. The molecule has 3 N–H and O–H groups in total. The van der Waals surface area contributed by atoms with E-state index in [0.717, 1.165) is 5.57 Å². The number of epoxide rings is 1. The molecule has 5 rings (SSSR count). The molecule has 0 radical (unpaired) electrons. The molecule has 6 heteroatoms. The summed E-state index contributed by atoms with van der Waals surface area (Å²) in [5.41, 5.74) is -0.645. The summed E-state index contributed by atoms with van der Waals surface area (Å²) in [6, 6.07) is 4.39. The van der Waals surface area contributed by atoms with Gasteiger partial charge in [-0.15, -0.1) is 0 Å². The molecule has 0 spiro atoms. The Kier molecular flexibility index (Phi) is 2.79. The molecule has 4 aliphatic rings. The fraction of sp³-hybridized carbons (Fsp3) is 0.474. The molecular weight excluding hydrogens is 324 g/mol. The van der Waals surface area contributed by atoms with Gasteiger partial charge in [-0.1, -0.05) is 19.1 Å². The predicted molar refractivity (Wildman–Crippen MR) is 84.9 cm³/mol. The van der Waals surface area contributed by atoms with E-state index in [4.69, 9.17) is 4.74 Å². The highest BCUT2D eigenvalue weighted by molar-refractivity contribution is 6.11. The van der Waals surface area contributed by atoms with E-state index in [0.29, 0.717) is 18.4 Å². The third kappa shape index (κ3) is 1.69. The van der Waals surface area contributed by atoms with Crippen LogP contribution in [0.25, 0.3) is 0 Å². The monoisotopic (exact) mass is 342 g/mol. The van der Waals surface area contributed by atoms with Crippen molar-refractivity contribution in [2.75, 3.05) is 0 Å². The molecule has 0 bridgehead atoms. The maximum atomic E-state index is 13.2. The first-order chi connectivity index (χ1) is 11.9. The van der Waals surface area contributed by atoms with Gasteiger partial charge in [-0.05, 0) is 24.0 Å². The highest BCUT2D eigenvalue weighted by Gasteiger charge is 2.71. The number of aliphatic hydroxyl groups is 2. The number of rotatable bonds is 0. The van der Waals surface area contributed by atoms with E-state index in [9.17, 15) is 24.9 Å². The van der Waals surface area contributed by atoms with Crippen LogP contribution in [-0.4, -0.2) is 44.7 Å². The number of ketones is 2. The van der Waals surface area contributed by atoms with Crippen LogP contribution in [0.3, 0.4) is 0 Å². The first-order valence-electron chi connectivity index (χ1n) is 8.53. The minimum absolute atomic E-state index is 0.0150. The number of fused-ring (bicyclic) bond motifs is 6. The summed E-state index contributed by atoms with van der Waals surface area (Å²) in [6.07, 6.45) is -1.69. The number of aliphatic hydroxyl groups excluding tert-OH is 1. The van der Waals surface area contributed by atoms with E-state index in [-0.39, 0.29) is 28.6 Å². The molecule has 6 atom stereocenters. The molecule has 1 heterocycles. The van der Waals surface area contributed by atoms with Crippen molar-refractivity contribution in [1.82, 2.24) is 0 Å². The van der Waals surface area contributed by atoms with Gasteiger partial charge in [-0.2, -0.15) is 0 Å². The van der Waals surface area contributed by atoms with Crippen LogP contribution in [-0.2, 0) is 9.53 Å². The van der Waals surface area contributed by atoms with E-state index < -0.39 is 35.6 Å². The zero-order valence-corrected chi connectivity index (χ0v) is 13.6. The fourth-order valence-electron chi connectivity index (χ4n) is 5.00. The number of ether oxygens (including phenoxy) is 1. The van der Waals surface area contributed by atoms with Gasteiger partial charge in [-0.3, -0.25) is 9.59 Å². The third-order valence-corrected chi connectivity index (χ3v) is 6.11. The lowest BCUT2D eigenvalue weighted by atomic mass is 9.58. The van der Waals surface area contributed by atoms with Gasteiger partial charge in [0.2, 0.25) is 0 Å². The molecule has 0 unspecified atom stereocenters. The quantitative estimate of drug-likeness (QED) is 0.608. The topological polar surface area (TPSA) is 107 Å². The molecule has 1 fully saturated rings. The van der Waals surface area contributed by atoms with Crippen molar-refractivity contribution in [3.63, 3.8) is 0 Å². The van der Waals surface area contributed by atoms with Gasteiger partial charge >= 0.3 is 0 Å². The Hall–Kier alpha value is -2.02. The van der Waals surface area contributed by atoms with Crippen LogP contribution < -0.4 is 0 Å². The molecule has 0 aromatic heterocycles. The molecule has 1 aliphatic heterocycles. The Morgan fingerprint density at radius 2 is 2.00 bits per heavy atom. The van der Waals surface area contributed by atoms with Crippen molar-refractivity contribution >= 4 is 11.6 Å². The summed E-state index contributed by atoms with van der Waals surface area (Å²) in [6.45, 7) is 1.98. The molecule has 130 valence electrons. The summed E-state index contributed by atoms with van der Waals surface area (Å²) in [5.74, 6) is -1.82. The molecule has 0 saturated carbocycles. The van der Waals surface area contributed by atoms with Crippen molar-refractivity contribution < 1.29 is 29.6 Å². The number of phenolic OH excluding ortho intramolecular Hbond substituents is 1. The van der Waals surface area contributed by atoms with Gasteiger partial charge in [-0.25, -0.2) is 0 Å². The van der Waals surface area contributed by atoms with E-state index in [1.165, 1.54) is 18.2 Å². The van der Waals surface area contributed by atoms with Crippen LogP contribution in [0.2, 0.25) is 0 Å². The number of carbonyl (C=O) groups excluding carboxylic acids is 2. The van der Waals surface area contributed by atoms with Crippen molar-refractivity contribution in [3.8, 4) is 5.75 Å².